The van der Waals surface area contributed by atoms with Crippen molar-refractivity contribution < 1.29 is 5.11 Å². The molecular weight excluding hydrogens is 308 g/mol. The Labute approximate surface area is 152 Å². The standard InChI is InChI=1S/C22H32N2O/c1-3-5-6-7-8-9-10-13-18-16-23-22(24-17-18)20-15-12-11-14-19(20)21(25)4-2/h11-12,14-17,21,25H,3-10,13H2,1-2H3. The Bertz CT molecular complexity index is 610. The highest BCUT2D eigenvalue weighted by Crippen LogP contribution is 2.27. The second-order valence-electron chi connectivity index (χ2n) is 6.80. The maximum Gasteiger partial charge on any atom is 0.159 e. The molecule has 0 aliphatic heterocycles. The largest absolute Gasteiger partial charge is 0.388 e. The van der Waals surface area contributed by atoms with Gasteiger partial charge in [0.15, 0.2) is 5.82 Å². The predicted octanol–water partition coefficient (Wildman–Crippen LogP) is 5.88. The maximum absolute atomic E-state index is 10.2. The summed E-state index contributed by atoms with van der Waals surface area (Å²) >= 11 is 0. The summed E-state index contributed by atoms with van der Waals surface area (Å²) < 4.78 is 0. The van der Waals surface area contributed by atoms with E-state index in [-0.39, 0.29) is 0 Å². The quantitative estimate of drug-likeness (QED) is 0.519. The minimum absolute atomic E-state index is 0.466. The summed E-state index contributed by atoms with van der Waals surface area (Å²) in [7, 11) is 0. The molecule has 1 aromatic heterocycles. The molecule has 0 spiro atoms. The van der Waals surface area contributed by atoms with E-state index in [1.165, 1.54) is 50.5 Å². The van der Waals surface area contributed by atoms with E-state index in [9.17, 15) is 5.11 Å². The number of aryl methyl sites for hydroxylation is 1. The third kappa shape index (κ3) is 6.24. The van der Waals surface area contributed by atoms with Gasteiger partial charge in [-0.3, -0.25) is 0 Å². The molecule has 2 rings (SSSR count). The van der Waals surface area contributed by atoms with Crippen molar-refractivity contribution in [1.82, 2.24) is 9.97 Å². The lowest BCUT2D eigenvalue weighted by Crippen LogP contribution is -2.01. The highest BCUT2D eigenvalue weighted by atomic mass is 16.3. The molecule has 0 aliphatic rings. The maximum atomic E-state index is 10.2. The molecule has 1 aromatic carbocycles. The van der Waals surface area contributed by atoms with Crippen molar-refractivity contribution in [3.05, 3.63) is 47.8 Å². The summed E-state index contributed by atoms with van der Waals surface area (Å²) in [6.45, 7) is 4.23. The van der Waals surface area contributed by atoms with E-state index in [4.69, 9.17) is 0 Å². The fraction of sp³-hybridized carbons (Fsp3) is 0.545. The summed E-state index contributed by atoms with van der Waals surface area (Å²) in [6, 6.07) is 7.86. The molecule has 136 valence electrons. The van der Waals surface area contributed by atoms with Crippen LogP contribution < -0.4 is 0 Å². The van der Waals surface area contributed by atoms with Crippen LogP contribution in [0.3, 0.4) is 0 Å². The summed E-state index contributed by atoms with van der Waals surface area (Å²) in [6.07, 6.45) is 14.4. The normalized spacial score (nSPS) is 12.3. The second kappa shape index (κ2) is 11.0. The zero-order valence-corrected chi connectivity index (χ0v) is 15.7. The molecule has 1 N–H and O–H groups in total. The van der Waals surface area contributed by atoms with E-state index in [1.807, 2.05) is 43.6 Å². The van der Waals surface area contributed by atoms with Crippen LogP contribution in [0.4, 0.5) is 0 Å². The Morgan fingerprint density at radius 1 is 0.880 bits per heavy atom. The average Bonchev–Trinajstić information content (AvgIpc) is 2.67. The summed E-state index contributed by atoms with van der Waals surface area (Å²) in [4.78, 5) is 9.09. The van der Waals surface area contributed by atoms with Crippen molar-refractivity contribution in [3.8, 4) is 11.4 Å². The van der Waals surface area contributed by atoms with E-state index in [1.54, 1.807) is 0 Å². The lowest BCUT2D eigenvalue weighted by molar-refractivity contribution is 0.174. The second-order valence-corrected chi connectivity index (χ2v) is 6.80. The minimum Gasteiger partial charge on any atom is -0.388 e. The van der Waals surface area contributed by atoms with Crippen LogP contribution >= 0.6 is 0 Å². The van der Waals surface area contributed by atoms with Gasteiger partial charge < -0.3 is 5.11 Å². The fourth-order valence-corrected chi connectivity index (χ4v) is 3.12. The van der Waals surface area contributed by atoms with Crippen molar-refractivity contribution >= 4 is 0 Å². The summed E-state index contributed by atoms with van der Waals surface area (Å²) in [5, 5.41) is 10.2. The molecular formula is C22H32N2O. The number of benzene rings is 1. The third-order valence-electron chi connectivity index (χ3n) is 4.72. The lowest BCUT2D eigenvalue weighted by Gasteiger charge is -2.13. The third-order valence-corrected chi connectivity index (χ3v) is 4.72. The van der Waals surface area contributed by atoms with Gasteiger partial charge in [0, 0.05) is 18.0 Å². The molecule has 0 bridgehead atoms. The van der Waals surface area contributed by atoms with Gasteiger partial charge in [0.25, 0.3) is 0 Å². The minimum atomic E-state index is -0.466. The number of rotatable bonds is 11. The van der Waals surface area contributed by atoms with Crippen molar-refractivity contribution in [3.63, 3.8) is 0 Å². The van der Waals surface area contributed by atoms with E-state index in [2.05, 4.69) is 16.9 Å². The number of aliphatic hydroxyl groups excluding tert-OH is 1. The van der Waals surface area contributed by atoms with Gasteiger partial charge in [0.05, 0.1) is 6.10 Å². The summed E-state index contributed by atoms with van der Waals surface area (Å²) in [5.74, 6) is 0.700. The Hall–Kier alpha value is -1.74. The van der Waals surface area contributed by atoms with Gasteiger partial charge in [0.1, 0.15) is 0 Å². The van der Waals surface area contributed by atoms with Gasteiger partial charge in [0.2, 0.25) is 0 Å². The van der Waals surface area contributed by atoms with Crippen LogP contribution in [0.5, 0.6) is 0 Å². The van der Waals surface area contributed by atoms with Gasteiger partial charge in [-0.05, 0) is 30.4 Å². The molecule has 3 nitrogen and oxygen atoms in total. The van der Waals surface area contributed by atoms with E-state index in [0.29, 0.717) is 12.2 Å². The van der Waals surface area contributed by atoms with Gasteiger partial charge >= 0.3 is 0 Å². The molecule has 25 heavy (non-hydrogen) atoms. The Morgan fingerprint density at radius 3 is 2.20 bits per heavy atom. The van der Waals surface area contributed by atoms with E-state index in [0.717, 1.165) is 17.5 Å². The van der Waals surface area contributed by atoms with E-state index >= 15 is 0 Å². The number of hydrogen-bond acceptors (Lipinski definition) is 3. The molecule has 0 fully saturated rings. The molecule has 1 unspecified atom stereocenters. The highest BCUT2D eigenvalue weighted by Gasteiger charge is 2.13. The smallest absolute Gasteiger partial charge is 0.159 e. The number of aromatic nitrogens is 2. The first-order valence-electron chi connectivity index (χ1n) is 9.84. The van der Waals surface area contributed by atoms with Gasteiger partial charge in [-0.25, -0.2) is 9.97 Å². The van der Waals surface area contributed by atoms with Crippen molar-refractivity contribution in [1.29, 1.82) is 0 Å². The zero-order chi connectivity index (χ0) is 17.9. The number of unbranched alkanes of at least 4 members (excludes halogenated alkanes) is 6. The SMILES string of the molecule is CCCCCCCCCc1cnc(-c2ccccc2C(O)CC)nc1. The van der Waals surface area contributed by atoms with Crippen molar-refractivity contribution in [2.75, 3.05) is 0 Å². The number of nitrogens with zero attached hydrogens (tertiary/aromatic N) is 2. The number of hydrogen-bond donors (Lipinski definition) is 1. The number of aliphatic hydroxyl groups is 1. The summed E-state index contributed by atoms with van der Waals surface area (Å²) in [5.41, 5.74) is 3.04. The first-order valence-corrected chi connectivity index (χ1v) is 9.84. The molecule has 0 amide bonds. The Kier molecular flexibility index (Phi) is 8.61. The first kappa shape index (κ1) is 19.6. The predicted molar refractivity (Wildman–Crippen MR) is 104 cm³/mol. The van der Waals surface area contributed by atoms with Crippen LogP contribution in [0.25, 0.3) is 11.4 Å². The van der Waals surface area contributed by atoms with E-state index < -0.39 is 6.10 Å². The van der Waals surface area contributed by atoms with Crippen LogP contribution in [-0.2, 0) is 6.42 Å². The van der Waals surface area contributed by atoms with Crippen LogP contribution in [-0.4, -0.2) is 15.1 Å². The molecule has 3 heteroatoms. The highest BCUT2D eigenvalue weighted by molar-refractivity contribution is 5.60. The van der Waals surface area contributed by atoms with Crippen LogP contribution in [0, 0.1) is 0 Å². The molecule has 2 aromatic rings. The van der Waals surface area contributed by atoms with Crippen LogP contribution in [0.2, 0.25) is 0 Å². The van der Waals surface area contributed by atoms with Gasteiger partial charge in [-0.2, -0.15) is 0 Å². The monoisotopic (exact) mass is 340 g/mol. The van der Waals surface area contributed by atoms with Gasteiger partial charge in [-0.1, -0.05) is 76.6 Å². The Balaban J connectivity index is 1.88. The van der Waals surface area contributed by atoms with Crippen molar-refractivity contribution in [2.45, 2.75) is 77.7 Å². The molecule has 0 aliphatic carbocycles. The molecule has 0 saturated heterocycles. The fourth-order valence-electron chi connectivity index (χ4n) is 3.12. The zero-order valence-electron chi connectivity index (χ0n) is 15.7. The average molecular weight is 341 g/mol. The topological polar surface area (TPSA) is 46.0 Å². The first-order chi connectivity index (χ1) is 12.3. The molecule has 1 atom stereocenters. The van der Waals surface area contributed by atoms with Crippen LogP contribution in [0.15, 0.2) is 36.7 Å². The molecule has 0 saturated carbocycles. The van der Waals surface area contributed by atoms with Gasteiger partial charge in [-0.15, -0.1) is 0 Å². The Morgan fingerprint density at radius 2 is 1.52 bits per heavy atom. The van der Waals surface area contributed by atoms with Crippen LogP contribution in [0.1, 0.15) is 82.4 Å². The molecule has 1 heterocycles. The molecule has 0 radical (unpaired) electrons. The lowest BCUT2D eigenvalue weighted by atomic mass is 10.00. The van der Waals surface area contributed by atoms with Crippen molar-refractivity contribution in [2.24, 2.45) is 0 Å².